The Bertz CT molecular complexity index is 853. The third-order valence-corrected chi connectivity index (χ3v) is 4.58. The summed E-state index contributed by atoms with van der Waals surface area (Å²) in [5.41, 5.74) is 1.61. The number of rotatable bonds is 6. The van der Waals surface area contributed by atoms with Gasteiger partial charge in [0, 0.05) is 23.8 Å². The molecule has 0 aromatic carbocycles. The molecule has 0 radical (unpaired) electrons. The minimum atomic E-state index is -0.0527. The average Bonchev–Trinajstić information content (AvgIpc) is 3.10. The summed E-state index contributed by atoms with van der Waals surface area (Å²) in [5, 5.41) is 15.9. The Morgan fingerprint density at radius 3 is 2.88 bits per heavy atom. The second-order valence-electron chi connectivity index (χ2n) is 5.32. The maximum absolute atomic E-state index is 12.0. The number of methoxy groups -OCH3 is 1. The van der Waals surface area contributed by atoms with E-state index in [1.165, 1.54) is 11.3 Å². The molecule has 0 aliphatic heterocycles. The van der Waals surface area contributed by atoms with Crippen molar-refractivity contribution < 1.29 is 9.53 Å². The Labute approximate surface area is 142 Å². The summed E-state index contributed by atoms with van der Waals surface area (Å²) in [6.07, 6.45) is 1.64. The fourth-order valence-corrected chi connectivity index (χ4v) is 3.03. The van der Waals surface area contributed by atoms with Gasteiger partial charge in [-0.2, -0.15) is 4.52 Å². The number of anilines is 1. The van der Waals surface area contributed by atoms with Gasteiger partial charge in [-0.05, 0) is 26.3 Å². The van der Waals surface area contributed by atoms with Crippen LogP contribution in [0.2, 0.25) is 0 Å². The first-order valence-electron chi connectivity index (χ1n) is 7.56. The highest BCUT2D eigenvalue weighted by Gasteiger charge is 2.11. The molecule has 0 fully saturated rings. The number of carbonyl (C=O) groups is 1. The summed E-state index contributed by atoms with van der Waals surface area (Å²) in [6.45, 7) is 3.92. The van der Waals surface area contributed by atoms with Crippen LogP contribution in [0, 0.1) is 13.8 Å². The van der Waals surface area contributed by atoms with E-state index < -0.39 is 0 Å². The Balaban J connectivity index is 1.57. The summed E-state index contributed by atoms with van der Waals surface area (Å²) >= 11 is 1.49. The lowest BCUT2D eigenvalue weighted by Crippen LogP contribution is -2.11. The number of aryl methyl sites for hydroxylation is 3. The molecule has 0 aliphatic rings. The molecule has 0 aliphatic carbocycles. The highest BCUT2D eigenvalue weighted by Crippen LogP contribution is 2.21. The standard InChI is InChI=1S/C15H18N6O2S/c1-9-10(2)24-15(16-9)17-13(22)6-4-5-11-18-19-12-7-8-14(23-3)20-21(11)12/h7-8H,4-6H2,1-3H3,(H,16,17,22). The first-order chi connectivity index (χ1) is 11.6. The lowest BCUT2D eigenvalue weighted by atomic mass is 10.2. The molecule has 1 amide bonds. The van der Waals surface area contributed by atoms with Gasteiger partial charge < -0.3 is 10.1 Å². The second kappa shape index (κ2) is 6.91. The molecule has 3 rings (SSSR count). The van der Waals surface area contributed by atoms with Gasteiger partial charge in [0.25, 0.3) is 0 Å². The molecule has 3 aromatic rings. The van der Waals surface area contributed by atoms with Crippen molar-refractivity contribution in [2.75, 3.05) is 12.4 Å². The SMILES string of the molecule is COc1ccc2nnc(CCCC(=O)Nc3nc(C)c(C)s3)n2n1. The molecule has 126 valence electrons. The Morgan fingerprint density at radius 2 is 2.17 bits per heavy atom. The number of carbonyl (C=O) groups excluding carboxylic acids is 1. The zero-order valence-corrected chi connectivity index (χ0v) is 14.6. The maximum atomic E-state index is 12.0. The van der Waals surface area contributed by atoms with E-state index in [4.69, 9.17) is 4.74 Å². The smallest absolute Gasteiger partial charge is 0.231 e. The first-order valence-corrected chi connectivity index (χ1v) is 8.37. The van der Waals surface area contributed by atoms with Gasteiger partial charge in [0.2, 0.25) is 11.8 Å². The lowest BCUT2D eigenvalue weighted by Gasteiger charge is -2.02. The van der Waals surface area contributed by atoms with Gasteiger partial charge in [0.05, 0.1) is 12.8 Å². The van der Waals surface area contributed by atoms with E-state index in [0.717, 1.165) is 10.6 Å². The fourth-order valence-electron chi connectivity index (χ4n) is 2.20. The van der Waals surface area contributed by atoms with Crippen molar-refractivity contribution in [1.29, 1.82) is 0 Å². The molecular formula is C15H18N6O2S. The van der Waals surface area contributed by atoms with E-state index in [1.54, 1.807) is 23.8 Å². The lowest BCUT2D eigenvalue weighted by molar-refractivity contribution is -0.116. The molecule has 24 heavy (non-hydrogen) atoms. The third kappa shape index (κ3) is 3.51. The van der Waals surface area contributed by atoms with E-state index >= 15 is 0 Å². The van der Waals surface area contributed by atoms with E-state index in [1.807, 2.05) is 13.8 Å². The van der Waals surface area contributed by atoms with Crippen molar-refractivity contribution in [2.24, 2.45) is 0 Å². The molecule has 0 saturated carbocycles. The van der Waals surface area contributed by atoms with Crippen molar-refractivity contribution in [3.63, 3.8) is 0 Å². The number of nitrogens with zero attached hydrogens (tertiary/aromatic N) is 5. The Kier molecular flexibility index (Phi) is 4.70. The summed E-state index contributed by atoms with van der Waals surface area (Å²) in [6, 6.07) is 3.53. The van der Waals surface area contributed by atoms with Crippen LogP contribution in [0.15, 0.2) is 12.1 Å². The predicted octanol–water partition coefficient (Wildman–Crippen LogP) is 2.17. The molecule has 0 atom stereocenters. The molecule has 0 saturated heterocycles. The van der Waals surface area contributed by atoms with Crippen LogP contribution in [-0.4, -0.2) is 37.8 Å². The zero-order chi connectivity index (χ0) is 17.1. The van der Waals surface area contributed by atoms with Crippen LogP contribution in [0.1, 0.15) is 29.2 Å². The number of hydrogen-bond acceptors (Lipinski definition) is 7. The van der Waals surface area contributed by atoms with E-state index in [9.17, 15) is 4.79 Å². The number of aromatic nitrogens is 5. The van der Waals surface area contributed by atoms with Crippen molar-refractivity contribution >= 4 is 28.0 Å². The summed E-state index contributed by atoms with van der Waals surface area (Å²) in [7, 11) is 1.56. The minimum Gasteiger partial charge on any atom is -0.480 e. The zero-order valence-electron chi connectivity index (χ0n) is 13.7. The number of ether oxygens (including phenoxy) is 1. The van der Waals surface area contributed by atoms with E-state index in [2.05, 4.69) is 25.6 Å². The maximum Gasteiger partial charge on any atom is 0.231 e. The van der Waals surface area contributed by atoms with Gasteiger partial charge in [-0.1, -0.05) is 0 Å². The molecule has 0 unspecified atom stereocenters. The first kappa shape index (κ1) is 16.3. The quantitative estimate of drug-likeness (QED) is 0.735. The topological polar surface area (TPSA) is 94.3 Å². The molecule has 0 spiro atoms. The highest BCUT2D eigenvalue weighted by atomic mass is 32.1. The van der Waals surface area contributed by atoms with Gasteiger partial charge in [-0.3, -0.25) is 4.79 Å². The van der Waals surface area contributed by atoms with Crippen molar-refractivity contribution in [1.82, 2.24) is 24.8 Å². The summed E-state index contributed by atoms with van der Waals surface area (Å²) in [5.74, 6) is 1.15. The number of hydrogen-bond donors (Lipinski definition) is 1. The van der Waals surface area contributed by atoms with Crippen LogP contribution in [0.25, 0.3) is 5.65 Å². The molecular weight excluding hydrogens is 328 g/mol. The summed E-state index contributed by atoms with van der Waals surface area (Å²) in [4.78, 5) is 17.4. The largest absolute Gasteiger partial charge is 0.480 e. The van der Waals surface area contributed by atoms with Crippen molar-refractivity contribution in [2.45, 2.75) is 33.1 Å². The Morgan fingerprint density at radius 1 is 1.33 bits per heavy atom. The molecule has 1 N–H and O–H groups in total. The van der Waals surface area contributed by atoms with Crippen LogP contribution in [0.3, 0.4) is 0 Å². The molecule has 8 nitrogen and oxygen atoms in total. The average molecular weight is 346 g/mol. The van der Waals surface area contributed by atoms with Crippen LogP contribution in [-0.2, 0) is 11.2 Å². The van der Waals surface area contributed by atoms with Crippen LogP contribution in [0.4, 0.5) is 5.13 Å². The van der Waals surface area contributed by atoms with E-state index in [0.29, 0.717) is 41.7 Å². The number of thiazole rings is 1. The van der Waals surface area contributed by atoms with E-state index in [-0.39, 0.29) is 5.91 Å². The molecule has 9 heteroatoms. The van der Waals surface area contributed by atoms with Gasteiger partial charge in [0.15, 0.2) is 16.6 Å². The van der Waals surface area contributed by atoms with Crippen LogP contribution in [0.5, 0.6) is 5.88 Å². The molecule has 0 bridgehead atoms. The van der Waals surface area contributed by atoms with Gasteiger partial charge in [-0.15, -0.1) is 26.6 Å². The number of fused-ring (bicyclic) bond motifs is 1. The molecule has 3 heterocycles. The van der Waals surface area contributed by atoms with Crippen LogP contribution >= 0.6 is 11.3 Å². The van der Waals surface area contributed by atoms with Gasteiger partial charge >= 0.3 is 0 Å². The monoisotopic (exact) mass is 346 g/mol. The molecule has 3 aromatic heterocycles. The fraction of sp³-hybridized carbons (Fsp3) is 0.400. The summed E-state index contributed by atoms with van der Waals surface area (Å²) < 4.78 is 6.75. The highest BCUT2D eigenvalue weighted by molar-refractivity contribution is 7.15. The third-order valence-electron chi connectivity index (χ3n) is 3.59. The Hall–Kier alpha value is -2.55. The number of amides is 1. The van der Waals surface area contributed by atoms with Crippen molar-refractivity contribution in [3.05, 3.63) is 28.5 Å². The van der Waals surface area contributed by atoms with Crippen LogP contribution < -0.4 is 10.1 Å². The predicted molar refractivity (Wildman–Crippen MR) is 90.5 cm³/mol. The van der Waals surface area contributed by atoms with Crippen molar-refractivity contribution in [3.8, 4) is 5.88 Å². The van der Waals surface area contributed by atoms with Gasteiger partial charge in [-0.25, -0.2) is 4.98 Å². The minimum absolute atomic E-state index is 0.0527. The normalized spacial score (nSPS) is 11.0. The second-order valence-corrected chi connectivity index (χ2v) is 6.53. The van der Waals surface area contributed by atoms with Gasteiger partial charge in [0.1, 0.15) is 0 Å². The number of nitrogens with one attached hydrogen (secondary N) is 1.